The van der Waals surface area contributed by atoms with Crippen LogP contribution in [0.4, 0.5) is 11.4 Å². The van der Waals surface area contributed by atoms with Crippen LogP contribution in [-0.2, 0) is 9.47 Å². The normalized spacial score (nSPS) is 10.6. The van der Waals surface area contributed by atoms with Crippen LogP contribution in [0.2, 0.25) is 0 Å². The fraction of sp³-hybridized carbons (Fsp3) is 0.154. The van der Waals surface area contributed by atoms with Gasteiger partial charge in [-0.05, 0) is 45.8 Å². The van der Waals surface area contributed by atoms with Crippen LogP contribution in [-0.4, -0.2) is 27.8 Å². The molecule has 4 aromatic carbocycles. The molecule has 0 amide bonds. The second kappa shape index (κ2) is 9.36. The second-order valence-electron chi connectivity index (χ2n) is 7.01. The molecule has 0 bridgehead atoms. The van der Waals surface area contributed by atoms with Crippen LogP contribution in [0.1, 0.15) is 0 Å². The number of benzene rings is 4. The topological polar surface area (TPSA) is 45.6 Å². The first-order valence-electron chi connectivity index (χ1n) is 9.82. The van der Waals surface area contributed by atoms with E-state index in [1.165, 1.54) is 0 Å². The number of methoxy groups -OCH3 is 2. The molecule has 4 aromatic rings. The van der Waals surface area contributed by atoms with Crippen molar-refractivity contribution in [2.24, 2.45) is 0 Å². The number of nitrogens with zero attached hydrogens (tertiary/aromatic N) is 2. The highest BCUT2D eigenvalue weighted by Gasteiger charge is 2.19. The number of ether oxygens (including phenoxy) is 4. The molecule has 0 heterocycles. The second-order valence-corrected chi connectivity index (χ2v) is 7.01. The Labute approximate surface area is 186 Å². The van der Waals surface area contributed by atoms with E-state index < -0.39 is 0 Å². The van der Waals surface area contributed by atoms with Gasteiger partial charge in [-0.2, -0.15) is 0 Å². The van der Waals surface area contributed by atoms with Gasteiger partial charge < -0.3 is 18.9 Å². The summed E-state index contributed by atoms with van der Waals surface area (Å²) < 4.78 is 22.2. The highest BCUT2D eigenvalue weighted by atomic mass is 16.7. The summed E-state index contributed by atoms with van der Waals surface area (Å²) in [6, 6.07) is 18.7. The molecule has 32 heavy (non-hydrogen) atoms. The smallest absolute Gasteiger partial charge is 0.188 e. The average Bonchev–Trinajstić information content (AvgIpc) is 2.84. The van der Waals surface area contributed by atoms with Crippen molar-refractivity contribution >= 4 is 32.9 Å². The lowest BCUT2D eigenvalue weighted by Gasteiger charge is -2.19. The Morgan fingerprint density at radius 3 is 1.44 bits per heavy atom. The zero-order valence-corrected chi connectivity index (χ0v) is 17.7. The third-order valence-corrected chi connectivity index (χ3v) is 5.10. The lowest BCUT2D eigenvalue weighted by atomic mass is 9.92. The average molecular weight is 424 g/mol. The van der Waals surface area contributed by atoms with Gasteiger partial charge in [0.25, 0.3) is 0 Å². The van der Waals surface area contributed by atoms with E-state index in [4.69, 9.17) is 32.1 Å². The van der Waals surface area contributed by atoms with Crippen molar-refractivity contribution in [1.82, 2.24) is 0 Å². The molecular formula is C26H20N2O4. The first kappa shape index (κ1) is 21.1. The highest BCUT2D eigenvalue weighted by molar-refractivity contribution is 6.10. The van der Waals surface area contributed by atoms with Crippen molar-refractivity contribution in [3.8, 4) is 22.6 Å². The SMILES string of the molecule is [C-]#[N+]c1ccc2c(-c3c(OCOC)ccc4cc([N+]#[C-])ccc34)c(OCOC)ccc2c1. The third kappa shape index (κ3) is 3.93. The predicted octanol–water partition coefficient (Wildman–Crippen LogP) is 6.73. The molecule has 0 aromatic heterocycles. The molecule has 0 fully saturated rings. The van der Waals surface area contributed by atoms with Gasteiger partial charge in [0.05, 0.1) is 13.1 Å². The summed E-state index contributed by atoms with van der Waals surface area (Å²) >= 11 is 0. The van der Waals surface area contributed by atoms with E-state index in [1.54, 1.807) is 26.4 Å². The van der Waals surface area contributed by atoms with E-state index >= 15 is 0 Å². The molecular weight excluding hydrogens is 404 g/mol. The van der Waals surface area contributed by atoms with Crippen molar-refractivity contribution in [3.63, 3.8) is 0 Å². The summed E-state index contributed by atoms with van der Waals surface area (Å²) in [7, 11) is 3.14. The Morgan fingerprint density at radius 2 is 1.06 bits per heavy atom. The lowest BCUT2D eigenvalue weighted by molar-refractivity contribution is 0.0502. The molecule has 6 nitrogen and oxygen atoms in total. The molecule has 0 N–H and O–H groups in total. The minimum absolute atomic E-state index is 0.0829. The maximum absolute atomic E-state index is 7.35. The third-order valence-electron chi connectivity index (χ3n) is 5.10. The van der Waals surface area contributed by atoms with Gasteiger partial charge in [-0.25, -0.2) is 9.69 Å². The van der Waals surface area contributed by atoms with E-state index in [0.717, 1.165) is 32.7 Å². The Kier molecular flexibility index (Phi) is 6.19. The van der Waals surface area contributed by atoms with Crippen LogP contribution in [0.5, 0.6) is 11.5 Å². The molecule has 0 radical (unpaired) electrons. The van der Waals surface area contributed by atoms with Crippen molar-refractivity contribution < 1.29 is 18.9 Å². The van der Waals surface area contributed by atoms with Gasteiger partial charge in [0, 0.05) is 25.3 Å². The lowest BCUT2D eigenvalue weighted by Crippen LogP contribution is -2.03. The van der Waals surface area contributed by atoms with Gasteiger partial charge in [-0.15, -0.1) is 0 Å². The maximum Gasteiger partial charge on any atom is 0.188 e. The van der Waals surface area contributed by atoms with Crippen LogP contribution in [0, 0.1) is 13.1 Å². The van der Waals surface area contributed by atoms with E-state index in [1.807, 2.05) is 48.5 Å². The number of rotatable bonds is 7. The number of fused-ring (bicyclic) bond motifs is 2. The number of hydrogen-bond donors (Lipinski definition) is 0. The van der Waals surface area contributed by atoms with E-state index in [-0.39, 0.29) is 13.6 Å². The molecule has 158 valence electrons. The molecule has 0 aliphatic rings. The summed E-state index contributed by atoms with van der Waals surface area (Å²) in [4.78, 5) is 7.10. The molecule has 0 atom stereocenters. The van der Waals surface area contributed by atoms with Crippen LogP contribution in [0.15, 0.2) is 60.7 Å². The fourth-order valence-corrected chi connectivity index (χ4v) is 3.73. The Hall–Kier alpha value is -4.10. The van der Waals surface area contributed by atoms with Gasteiger partial charge in [-0.3, -0.25) is 0 Å². The van der Waals surface area contributed by atoms with Crippen LogP contribution in [0.25, 0.3) is 42.4 Å². The highest BCUT2D eigenvalue weighted by Crippen LogP contribution is 2.46. The molecule has 0 aliphatic heterocycles. The number of hydrogen-bond acceptors (Lipinski definition) is 4. The van der Waals surface area contributed by atoms with Crippen molar-refractivity contribution in [3.05, 3.63) is 83.5 Å². The van der Waals surface area contributed by atoms with Crippen LogP contribution >= 0.6 is 0 Å². The molecule has 0 saturated carbocycles. The fourth-order valence-electron chi connectivity index (χ4n) is 3.73. The van der Waals surface area contributed by atoms with E-state index in [0.29, 0.717) is 22.9 Å². The molecule has 4 rings (SSSR count). The predicted molar refractivity (Wildman–Crippen MR) is 124 cm³/mol. The standard InChI is InChI=1S/C26H20N2O4/c1-27-19-7-9-21-17(13-19)5-11-23(31-15-29-3)25(21)26-22-10-8-20(28-2)14-18(22)6-12-24(26)32-16-30-4/h5-14H,15-16H2,3-4H3. The summed E-state index contributed by atoms with van der Waals surface area (Å²) in [6.45, 7) is 14.9. The van der Waals surface area contributed by atoms with Gasteiger partial charge in [0.15, 0.2) is 25.0 Å². The van der Waals surface area contributed by atoms with Gasteiger partial charge in [0.1, 0.15) is 11.5 Å². The van der Waals surface area contributed by atoms with Crippen molar-refractivity contribution in [1.29, 1.82) is 0 Å². The molecule has 0 saturated heterocycles. The van der Waals surface area contributed by atoms with Gasteiger partial charge >= 0.3 is 0 Å². The zero-order valence-electron chi connectivity index (χ0n) is 17.7. The van der Waals surface area contributed by atoms with Crippen LogP contribution in [0.3, 0.4) is 0 Å². The first-order chi connectivity index (χ1) is 15.7. The van der Waals surface area contributed by atoms with Crippen molar-refractivity contribution in [2.45, 2.75) is 0 Å². The monoisotopic (exact) mass is 424 g/mol. The molecule has 0 spiro atoms. The maximum atomic E-state index is 7.35. The summed E-state index contributed by atoms with van der Waals surface area (Å²) in [5.41, 5.74) is 2.76. The van der Waals surface area contributed by atoms with Gasteiger partial charge in [0.2, 0.25) is 0 Å². The summed E-state index contributed by atoms with van der Waals surface area (Å²) in [5, 5.41) is 3.64. The summed E-state index contributed by atoms with van der Waals surface area (Å²) in [5.74, 6) is 1.25. The first-order valence-corrected chi connectivity index (χ1v) is 9.82. The minimum Gasteiger partial charge on any atom is -0.467 e. The Bertz CT molecular complexity index is 1280. The summed E-state index contributed by atoms with van der Waals surface area (Å²) in [6.07, 6.45) is 0. The Morgan fingerprint density at radius 1 is 0.625 bits per heavy atom. The molecule has 0 aliphatic carbocycles. The largest absolute Gasteiger partial charge is 0.467 e. The van der Waals surface area contributed by atoms with Crippen molar-refractivity contribution in [2.75, 3.05) is 27.8 Å². The molecule has 6 heteroatoms. The van der Waals surface area contributed by atoms with Gasteiger partial charge in [-0.1, -0.05) is 36.4 Å². The minimum atomic E-state index is 0.0829. The quantitative estimate of drug-likeness (QED) is 0.244. The van der Waals surface area contributed by atoms with E-state index in [9.17, 15) is 0 Å². The van der Waals surface area contributed by atoms with Crippen LogP contribution < -0.4 is 9.47 Å². The molecule has 0 unspecified atom stereocenters. The zero-order chi connectivity index (χ0) is 22.5. The Balaban J connectivity index is 2.09. The van der Waals surface area contributed by atoms with E-state index in [2.05, 4.69) is 9.69 Å².